The van der Waals surface area contributed by atoms with E-state index in [-0.39, 0.29) is 16.9 Å². The zero-order valence-electron chi connectivity index (χ0n) is 12.3. The number of halogens is 5. The summed E-state index contributed by atoms with van der Waals surface area (Å²) >= 11 is 0. The second kappa shape index (κ2) is 5.44. The number of hydrogen-bond acceptors (Lipinski definition) is 4. The summed E-state index contributed by atoms with van der Waals surface area (Å²) in [6.45, 7) is 0. The van der Waals surface area contributed by atoms with Crippen molar-refractivity contribution in [3.8, 4) is 17.9 Å². The minimum absolute atomic E-state index is 0.0665. The molecule has 1 fully saturated rings. The molecule has 1 aromatic carbocycles. The molecule has 2 aliphatic rings. The van der Waals surface area contributed by atoms with Crippen molar-refractivity contribution in [2.45, 2.75) is 12.1 Å². The number of carbonyl (C=O) groups is 1. The Bertz CT molecular complexity index is 1050. The van der Waals surface area contributed by atoms with E-state index >= 15 is 0 Å². The van der Waals surface area contributed by atoms with Crippen molar-refractivity contribution in [3.05, 3.63) is 63.3 Å². The normalized spacial score (nSPS) is 17.4. The van der Waals surface area contributed by atoms with Crippen LogP contribution in [0.2, 0.25) is 0 Å². The molecule has 0 bridgehead atoms. The maximum absolute atomic E-state index is 13.4. The summed E-state index contributed by atoms with van der Waals surface area (Å²) in [5.41, 5.74) is -0.617. The predicted octanol–water partition coefficient (Wildman–Crippen LogP) is 3.46. The van der Waals surface area contributed by atoms with Crippen molar-refractivity contribution in [2.24, 2.45) is 0 Å². The summed E-state index contributed by atoms with van der Waals surface area (Å²) in [4.78, 5) is 11.4. The molecule has 3 rings (SSSR count). The van der Waals surface area contributed by atoms with Gasteiger partial charge >= 0.3 is 12.1 Å². The molecule has 128 valence electrons. The van der Waals surface area contributed by atoms with Gasteiger partial charge < -0.3 is 4.74 Å². The third kappa shape index (κ3) is 2.49. The van der Waals surface area contributed by atoms with Crippen LogP contribution in [0.1, 0.15) is 11.1 Å². The highest BCUT2D eigenvalue weighted by molar-refractivity contribution is 6.17. The molecule has 26 heavy (non-hydrogen) atoms. The molecule has 0 saturated heterocycles. The zero-order valence-corrected chi connectivity index (χ0v) is 12.3. The molecule has 2 aliphatic carbocycles. The van der Waals surface area contributed by atoms with Gasteiger partial charge in [0.25, 0.3) is 0 Å². The van der Waals surface area contributed by atoms with Crippen LogP contribution < -0.4 is 4.74 Å². The van der Waals surface area contributed by atoms with E-state index in [0.717, 1.165) is 12.1 Å². The summed E-state index contributed by atoms with van der Waals surface area (Å²) in [7, 11) is 0. The van der Waals surface area contributed by atoms with E-state index in [4.69, 9.17) is 15.3 Å². The van der Waals surface area contributed by atoms with Crippen molar-refractivity contribution in [2.75, 3.05) is 0 Å². The van der Waals surface area contributed by atoms with Gasteiger partial charge in [-0.3, -0.25) is 4.79 Å². The molecule has 0 atom stereocenters. The third-order valence-corrected chi connectivity index (χ3v) is 3.52. The molecule has 0 heterocycles. The lowest BCUT2D eigenvalue weighted by atomic mass is 9.75. The minimum atomic E-state index is -5.18. The molecule has 1 saturated carbocycles. The van der Waals surface area contributed by atoms with Crippen molar-refractivity contribution < 1.29 is 31.5 Å². The Morgan fingerprint density at radius 2 is 1.62 bits per heavy atom. The Hall–Kier alpha value is -3.64. The van der Waals surface area contributed by atoms with Crippen LogP contribution in [0.15, 0.2) is 52.1 Å². The Morgan fingerprint density at radius 3 is 2.12 bits per heavy atom. The number of benzene rings is 1. The highest BCUT2D eigenvalue weighted by Gasteiger charge is 2.62. The van der Waals surface area contributed by atoms with Crippen LogP contribution in [0.4, 0.5) is 22.0 Å². The third-order valence-electron chi connectivity index (χ3n) is 3.52. The Morgan fingerprint density at radius 1 is 1.04 bits per heavy atom. The molecule has 0 aliphatic heterocycles. The number of allylic oxidation sites excluding steroid dienone is 3. The van der Waals surface area contributed by atoms with Crippen LogP contribution in [0.5, 0.6) is 5.75 Å². The Balaban J connectivity index is 2.16. The number of carbonyl (C=O) groups excluding carboxylic acids is 1. The smallest absolute Gasteiger partial charge is 0.421 e. The van der Waals surface area contributed by atoms with E-state index in [2.05, 4.69) is 0 Å². The van der Waals surface area contributed by atoms with Crippen LogP contribution >= 0.6 is 0 Å². The van der Waals surface area contributed by atoms with E-state index in [9.17, 15) is 26.7 Å². The topological polar surface area (TPSA) is 73.9 Å². The fourth-order valence-electron chi connectivity index (χ4n) is 2.41. The number of nitrogens with zero attached hydrogens (tertiary/aromatic N) is 2. The molecule has 0 amide bonds. The molecule has 1 aromatic rings. The highest BCUT2D eigenvalue weighted by Crippen LogP contribution is 2.50. The molecular formula is C17H3F5N2O2. The number of ketones is 1. The molecule has 9 heteroatoms. The average molecular weight is 362 g/mol. The largest absolute Gasteiger partial charge is 0.448 e. The molecule has 0 aromatic heterocycles. The Labute approximate surface area is 142 Å². The fourth-order valence-corrected chi connectivity index (χ4v) is 2.41. The van der Waals surface area contributed by atoms with E-state index in [1.807, 2.05) is 11.5 Å². The van der Waals surface area contributed by atoms with Crippen molar-refractivity contribution in [1.29, 1.82) is 10.5 Å². The van der Waals surface area contributed by atoms with Gasteiger partial charge in [0.2, 0.25) is 5.78 Å². The van der Waals surface area contributed by atoms with E-state index < -0.39 is 40.4 Å². The van der Waals surface area contributed by atoms with Gasteiger partial charge in [-0.15, -0.1) is 0 Å². The maximum Gasteiger partial charge on any atom is 0.421 e. The lowest BCUT2D eigenvalue weighted by Crippen LogP contribution is -2.47. The van der Waals surface area contributed by atoms with Crippen LogP contribution in [0, 0.1) is 22.7 Å². The second-order valence-corrected chi connectivity index (χ2v) is 5.18. The first kappa shape index (κ1) is 17.2. The molecule has 4 nitrogen and oxygen atoms in total. The van der Waals surface area contributed by atoms with E-state index in [1.165, 1.54) is 6.07 Å². The molecule has 0 N–H and O–H groups in total. The number of alkyl halides is 5. The molecule has 0 spiro atoms. The van der Waals surface area contributed by atoms with Gasteiger partial charge in [-0.2, -0.15) is 32.5 Å². The average Bonchev–Trinajstić information content (AvgIpc) is 2.59. The van der Waals surface area contributed by atoms with E-state index in [1.54, 1.807) is 12.1 Å². The number of hydrogen-bond donors (Lipinski definition) is 0. The fraction of sp³-hybridized carbons (Fsp3) is 0.118. The van der Waals surface area contributed by atoms with Gasteiger partial charge in [0.05, 0.1) is 34.4 Å². The number of rotatable bonds is 2. The number of Topliss-reactive ketones (excluding diaryl/α,β-unsaturated/α-hetero) is 1. The number of ether oxygens (including phenoxy) is 1. The van der Waals surface area contributed by atoms with Gasteiger partial charge in [0.15, 0.2) is 5.76 Å². The SMILES string of the molecule is N#Cc1cc(C#N)cc(OC2=C=C=C3C(=C2C(F)(F)F)C(=O)C3(F)F)c1. The quantitative estimate of drug-likeness (QED) is 0.597. The first-order valence-corrected chi connectivity index (χ1v) is 6.74. The maximum atomic E-state index is 13.4. The molecular weight excluding hydrogens is 359 g/mol. The van der Waals surface area contributed by atoms with Crippen molar-refractivity contribution in [3.63, 3.8) is 0 Å². The molecule has 0 radical (unpaired) electrons. The first-order valence-electron chi connectivity index (χ1n) is 6.74. The van der Waals surface area contributed by atoms with E-state index in [0.29, 0.717) is 0 Å². The predicted molar refractivity (Wildman–Crippen MR) is 73.6 cm³/mol. The van der Waals surface area contributed by atoms with Gasteiger partial charge in [-0.25, -0.2) is 0 Å². The number of nitriles is 2. The van der Waals surface area contributed by atoms with Gasteiger partial charge in [-0.05, 0) is 23.9 Å². The van der Waals surface area contributed by atoms with Gasteiger partial charge in [0.1, 0.15) is 11.3 Å². The van der Waals surface area contributed by atoms with Crippen LogP contribution in [0.25, 0.3) is 0 Å². The second-order valence-electron chi connectivity index (χ2n) is 5.18. The Kier molecular flexibility index (Phi) is 3.59. The lowest BCUT2D eigenvalue weighted by molar-refractivity contribution is -0.141. The summed E-state index contributed by atoms with van der Waals surface area (Å²) in [6, 6.07) is 6.66. The summed E-state index contributed by atoms with van der Waals surface area (Å²) in [5.74, 6) is -7.43. The number of fused-ring (bicyclic) bond motifs is 1. The van der Waals surface area contributed by atoms with Crippen molar-refractivity contribution in [1.82, 2.24) is 0 Å². The minimum Gasteiger partial charge on any atom is -0.448 e. The molecule has 0 unspecified atom stereocenters. The monoisotopic (exact) mass is 362 g/mol. The highest BCUT2D eigenvalue weighted by atomic mass is 19.4. The first-order chi connectivity index (χ1) is 12.1. The summed E-state index contributed by atoms with van der Waals surface area (Å²) in [6.07, 6.45) is -5.18. The van der Waals surface area contributed by atoms with Gasteiger partial charge in [-0.1, -0.05) is 5.73 Å². The van der Waals surface area contributed by atoms with Crippen LogP contribution in [-0.4, -0.2) is 17.9 Å². The standard InChI is InChI=1S/C17H3F5N2O2/c18-16(19)11-1-2-12(14(17(20,21)22)13(11)15(16)25)26-10-4-8(6-23)3-9(5-10)7-24/h3-5H. The van der Waals surface area contributed by atoms with Crippen LogP contribution in [-0.2, 0) is 4.79 Å². The lowest BCUT2D eigenvalue weighted by Gasteiger charge is -2.32. The summed E-state index contributed by atoms with van der Waals surface area (Å²) < 4.78 is 71.7. The van der Waals surface area contributed by atoms with Crippen molar-refractivity contribution >= 4 is 5.78 Å². The van der Waals surface area contributed by atoms with Crippen LogP contribution in [0.3, 0.4) is 0 Å². The zero-order chi connectivity index (χ0) is 19.3. The van der Waals surface area contributed by atoms with Gasteiger partial charge in [0, 0.05) is 0 Å². The summed E-state index contributed by atoms with van der Waals surface area (Å²) in [5, 5.41) is 17.8.